The molecule has 3 aromatic carbocycles. The lowest BCUT2D eigenvalue weighted by molar-refractivity contribution is 0.151. The molecule has 1 heterocycles. The third-order valence-corrected chi connectivity index (χ3v) is 6.01. The maximum absolute atomic E-state index is 14.3. The molecule has 0 saturated heterocycles. The van der Waals surface area contributed by atoms with Crippen LogP contribution in [-0.2, 0) is 16.3 Å². The molecule has 28 heavy (non-hydrogen) atoms. The first kappa shape index (κ1) is 18.8. The van der Waals surface area contributed by atoms with Crippen LogP contribution in [0.3, 0.4) is 0 Å². The standard InChI is InChI=1S/C20H16F3NO3S/c1-28(25,26)18-7-10-6-17(24)20(13-8-15(22)16(23)9-14(13)21)27-19(10)12-5-3-2-4-11(12)18/h2-5,7-9,17,20H,6,24H2,1H3/t17?,20-/m0/s1. The number of halogens is 3. The van der Waals surface area contributed by atoms with E-state index >= 15 is 0 Å². The topological polar surface area (TPSA) is 69.4 Å². The van der Waals surface area contributed by atoms with Crippen LogP contribution in [0.25, 0.3) is 10.8 Å². The highest BCUT2D eigenvalue weighted by Crippen LogP contribution is 2.42. The van der Waals surface area contributed by atoms with Crippen molar-refractivity contribution < 1.29 is 26.3 Å². The number of nitrogens with two attached hydrogens (primary N) is 1. The molecule has 0 amide bonds. The summed E-state index contributed by atoms with van der Waals surface area (Å²) in [7, 11) is -3.51. The second-order valence-electron chi connectivity index (χ2n) is 6.87. The fourth-order valence-corrected chi connectivity index (χ4v) is 4.53. The molecule has 3 aromatic rings. The lowest BCUT2D eigenvalue weighted by atomic mass is 9.91. The molecule has 0 spiro atoms. The van der Waals surface area contributed by atoms with Crippen LogP contribution in [0.2, 0.25) is 0 Å². The van der Waals surface area contributed by atoms with Gasteiger partial charge in [0, 0.05) is 28.7 Å². The van der Waals surface area contributed by atoms with E-state index in [1.165, 1.54) is 6.07 Å². The molecule has 1 aliphatic heterocycles. The fraction of sp³-hybridized carbons (Fsp3) is 0.200. The molecule has 0 radical (unpaired) electrons. The molecular formula is C20H16F3NO3S. The highest BCUT2D eigenvalue weighted by molar-refractivity contribution is 7.91. The molecule has 0 aromatic heterocycles. The summed E-state index contributed by atoms with van der Waals surface area (Å²) < 4.78 is 71.6. The quantitative estimate of drug-likeness (QED) is 0.659. The van der Waals surface area contributed by atoms with Gasteiger partial charge in [0.25, 0.3) is 0 Å². The van der Waals surface area contributed by atoms with Gasteiger partial charge in [0.05, 0.1) is 10.9 Å². The van der Waals surface area contributed by atoms with E-state index in [4.69, 9.17) is 10.5 Å². The lowest BCUT2D eigenvalue weighted by Crippen LogP contribution is -2.38. The van der Waals surface area contributed by atoms with Crippen molar-refractivity contribution >= 4 is 20.6 Å². The molecule has 8 heteroatoms. The normalized spacial score (nSPS) is 19.3. The Labute approximate surface area is 159 Å². The number of hydrogen-bond donors (Lipinski definition) is 1. The Hall–Kier alpha value is -2.58. The van der Waals surface area contributed by atoms with Gasteiger partial charge in [-0.05, 0) is 24.1 Å². The zero-order valence-electron chi connectivity index (χ0n) is 14.7. The third kappa shape index (κ3) is 3.02. The maximum Gasteiger partial charge on any atom is 0.176 e. The zero-order valence-corrected chi connectivity index (χ0v) is 15.6. The van der Waals surface area contributed by atoms with Gasteiger partial charge >= 0.3 is 0 Å². The molecule has 146 valence electrons. The molecule has 0 saturated carbocycles. The van der Waals surface area contributed by atoms with Crippen molar-refractivity contribution in [2.75, 3.05) is 6.26 Å². The Bertz CT molecular complexity index is 1210. The Balaban J connectivity index is 1.91. The van der Waals surface area contributed by atoms with Crippen molar-refractivity contribution in [1.82, 2.24) is 0 Å². The van der Waals surface area contributed by atoms with Crippen LogP contribution in [-0.4, -0.2) is 20.7 Å². The summed E-state index contributed by atoms with van der Waals surface area (Å²) >= 11 is 0. The summed E-state index contributed by atoms with van der Waals surface area (Å²) in [4.78, 5) is 0.148. The number of rotatable bonds is 2. The average Bonchev–Trinajstić information content (AvgIpc) is 2.63. The Morgan fingerprint density at radius 3 is 2.32 bits per heavy atom. The van der Waals surface area contributed by atoms with Crippen molar-refractivity contribution in [1.29, 1.82) is 0 Å². The summed E-state index contributed by atoms with van der Waals surface area (Å²) in [6, 6.07) is 8.69. The Morgan fingerprint density at radius 2 is 1.64 bits per heavy atom. The number of sulfone groups is 1. The van der Waals surface area contributed by atoms with Crippen molar-refractivity contribution in [3.8, 4) is 5.75 Å². The molecule has 1 aliphatic rings. The van der Waals surface area contributed by atoms with Crippen LogP contribution < -0.4 is 10.5 Å². The SMILES string of the molecule is CS(=O)(=O)c1cc2c(c3ccccc13)O[C@@H](c1cc(F)c(F)cc1F)C(N)C2. The summed E-state index contributed by atoms with van der Waals surface area (Å²) in [6.45, 7) is 0. The van der Waals surface area contributed by atoms with Crippen molar-refractivity contribution in [3.63, 3.8) is 0 Å². The molecule has 1 unspecified atom stereocenters. The molecule has 0 fully saturated rings. The monoisotopic (exact) mass is 407 g/mol. The van der Waals surface area contributed by atoms with Gasteiger partial charge in [0.2, 0.25) is 0 Å². The predicted molar refractivity (Wildman–Crippen MR) is 98.4 cm³/mol. The van der Waals surface area contributed by atoms with Gasteiger partial charge in [0.1, 0.15) is 17.7 Å². The van der Waals surface area contributed by atoms with Crippen LogP contribution in [0.4, 0.5) is 13.2 Å². The van der Waals surface area contributed by atoms with Crippen LogP contribution in [0.5, 0.6) is 5.75 Å². The number of hydrogen-bond acceptors (Lipinski definition) is 4. The van der Waals surface area contributed by atoms with E-state index in [-0.39, 0.29) is 16.9 Å². The third-order valence-electron chi connectivity index (χ3n) is 4.87. The van der Waals surface area contributed by atoms with Gasteiger partial charge in [-0.25, -0.2) is 21.6 Å². The first-order valence-corrected chi connectivity index (χ1v) is 10.4. The number of fused-ring (bicyclic) bond motifs is 3. The predicted octanol–water partition coefficient (Wildman–Crippen LogP) is 3.66. The van der Waals surface area contributed by atoms with E-state index in [9.17, 15) is 21.6 Å². The van der Waals surface area contributed by atoms with Crippen LogP contribution >= 0.6 is 0 Å². The minimum Gasteiger partial charge on any atom is -0.483 e. The average molecular weight is 407 g/mol. The Kier molecular flexibility index (Phi) is 4.35. The van der Waals surface area contributed by atoms with Crippen molar-refractivity contribution in [2.24, 2.45) is 5.73 Å². The van der Waals surface area contributed by atoms with E-state index in [1.807, 2.05) is 0 Å². The van der Waals surface area contributed by atoms with Gasteiger partial charge in [0.15, 0.2) is 21.5 Å². The molecule has 4 nitrogen and oxygen atoms in total. The van der Waals surface area contributed by atoms with Crippen LogP contribution in [0.15, 0.2) is 47.4 Å². The van der Waals surface area contributed by atoms with Crippen molar-refractivity contribution in [3.05, 3.63) is 71.0 Å². The smallest absolute Gasteiger partial charge is 0.176 e. The lowest BCUT2D eigenvalue weighted by Gasteiger charge is -2.33. The van der Waals surface area contributed by atoms with Gasteiger partial charge in [-0.2, -0.15) is 0 Å². The van der Waals surface area contributed by atoms with Gasteiger partial charge in [-0.15, -0.1) is 0 Å². The minimum atomic E-state index is -3.51. The van der Waals surface area contributed by atoms with Gasteiger partial charge in [-0.1, -0.05) is 24.3 Å². The van der Waals surface area contributed by atoms with E-state index in [0.717, 1.165) is 12.3 Å². The summed E-state index contributed by atoms with van der Waals surface area (Å²) in [5, 5.41) is 0.990. The summed E-state index contributed by atoms with van der Waals surface area (Å²) in [5.74, 6) is -3.09. The second-order valence-corrected chi connectivity index (χ2v) is 8.86. The number of ether oxygens (including phenoxy) is 1. The largest absolute Gasteiger partial charge is 0.483 e. The molecular weight excluding hydrogens is 391 g/mol. The minimum absolute atomic E-state index is 0.148. The second kappa shape index (κ2) is 6.49. The zero-order chi connectivity index (χ0) is 20.2. The maximum atomic E-state index is 14.3. The summed E-state index contributed by atoms with van der Waals surface area (Å²) in [5.41, 5.74) is 6.50. The van der Waals surface area contributed by atoms with Crippen LogP contribution in [0.1, 0.15) is 17.2 Å². The highest BCUT2D eigenvalue weighted by atomic mass is 32.2. The highest BCUT2D eigenvalue weighted by Gasteiger charge is 2.33. The first-order chi connectivity index (χ1) is 13.2. The van der Waals surface area contributed by atoms with Crippen molar-refractivity contribution in [2.45, 2.75) is 23.5 Å². The van der Waals surface area contributed by atoms with E-state index in [2.05, 4.69) is 0 Å². The molecule has 0 aliphatic carbocycles. The van der Waals surface area contributed by atoms with E-state index in [0.29, 0.717) is 28.2 Å². The molecule has 4 rings (SSSR count). The van der Waals surface area contributed by atoms with E-state index < -0.39 is 39.4 Å². The van der Waals surface area contributed by atoms with Crippen LogP contribution in [0, 0.1) is 17.5 Å². The molecule has 0 bridgehead atoms. The fourth-order valence-electron chi connectivity index (χ4n) is 3.59. The van der Waals surface area contributed by atoms with Gasteiger partial charge < -0.3 is 10.5 Å². The first-order valence-electron chi connectivity index (χ1n) is 8.48. The van der Waals surface area contributed by atoms with Gasteiger partial charge in [-0.3, -0.25) is 0 Å². The number of benzene rings is 3. The Morgan fingerprint density at radius 1 is 1.00 bits per heavy atom. The summed E-state index contributed by atoms with van der Waals surface area (Å²) in [6.07, 6.45) is 0.255. The molecule has 2 N–H and O–H groups in total. The molecule has 2 atom stereocenters. The van der Waals surface area contributed by atoms with E-state index in [1.54, 1.807) is 24.3 Å².